The predicted octanol–water partition coefficient (Wildman–Crippen LogP) is 1.96. The first-order valence-electron chi connectivity index (χ1n) is 5.49. The van der Waals surface area contributed by atoms with Crippen molar-refractivity contribution in [3.05, 3.63) is 0 Å². The van der Waals surface area contributed by atoms with Crippen LogP contribution in [0.25, 0.3) is 0 Å². The van der Waals surface area contributed by atoms with E-state index >= 15 is 0 Å². The lowest BCUT2D eigenvalue weighted by Crippen LogP contribution is -2.30. The molecular formula is C11H20O3S. The van der Waals surface area contributed by atoms with Crippen molar-refractivity contribution in [2.45, 2.75) is 51.2 Å². The van der Waals surface area contributed by atoms with Gasteiger partial charge in [0.25, 0.3) is 0 Å². The number of hydrogen-bond donors (Lipinski definition) is 0. The summed E-state index contributed by atoms with van der Waals surface area (Å²) >= 11 is 0. The minimum Gasteiger partial charge on any atom is -0.299 e. The summed E-state index contributed by atoms with van der Waals surface area (Å²) in [7, 11) is -3.05. The van der Waals surface area contributed by atoms with Gasteiger partial charge < -0.3 is 0 Å². The van der Waals surface area contributed by atoms with Gasteiger partial charge in [0.2, 0.25) is 0 Å². The second-order valence-electron chi connectivity index (χ2n) is 5.28. The van der Waals surface area contributed by atoms with E-state index in [2.05, 4.69) is 0 Å². The Kier molecular flexibility index (Phi) is 3.59. The van der Waals surface area contributed by atoms with Gasteiger partial charge in [0.1, 0.15) is 5.78 Å². The van der Waals surface area contributed by atoms with Crippen molar-refractivity contribution in [3.8, 4) is 0 Å². The van der Waals surface area contributed by atoms with E-state index in [1.54, 1.807) is 20.8 Å². The Balaban J connectivity index is 2.33. The molecule has 15 heavy (non-hydrogen) atoms. The third-order valence-electron chi connectivity index (χ3n) is 2.80. The molecule has 3 nitrogen and oxygen atoms in total. The Bertz CT molecular complexity index is 331. The highest BCUT2D eigenvalue weighted by atomic mass is 32.2. The molecule has 1 aliphatic carbocycles. The number of carbonyl (C=O) groups is 1. The van der Waals surface area contributed by atoms with Crippen molar-refractivity contribution < 1.29 is 13.2 Å². The second kappa shape index (κ2) is 4.24. The van der Waals surface area contributed by atoms with Gasteiger partial charge in [-0.25, -0.2) is 8.42 Å². The van der Waals surface area contributed by atoms with Crippen LogP contribution in [0.5, 0.6) is 0 Å². The van der Waals surface area contributed by atoms with Crippen LogP contribution in [0.1, 0.15) is 46.5 Å². The molecule has 1 fully saturated rings. The molecule has 0 radical (unpaired) electrons. The summed E-state index contributed by atoms with van der Waals surface area (Å²) in [5.74, 6) is 0.635. The van der Waals surface area contributed by atoms with E-state index in [0.29, 0.717) is 12.8 Å². The number of hydrogen-bond acceptors (Lipinski definition) is 3. The number of ketones is 1. The fourth-order valence-corrected chi connectivity index (χ4v) is 2.49. The van der Waals surface area contributed by atoms with E-state index in [4.69, 9.17) is 0 Å². The Labute approximate surface area is 92.2 Å². The van der Waals surface area contributed by atoms with E-state index in [-0.39, 0.29) is 17.5 Å². The Hall–Kier alpha value is -0.380. The smallest absolute Gasteiger partial charge is 0.155 e. The molecule has 0 aromatic carbocycles. The van der Waals surface area contributed by atoms with Gasteiger partial charge in [-0.1, -0.05) is 0 Å². The third kappa shape index (κ3) is 3.59. The van der Waals surface area contributed by atoms with Crippen molar-refractivity contribution in [2.24, 2.45) is 5.92 Å². The van der Waals surface area contributed by atoms with Crippen LogP contribution in [0, 0.1) is 5.92 Å². The standard InChI is InChI=1S/C11H20O3S/c1-11(2,3)15(13,14)8-4-5-10(12)9-6-7-9/h9H,4-8H2,1-3H3. The highest BCUT2D eigenvalue weighted by molar-refractivity contribution is 7.92. The van der Waals surface area contributed by atoms with Gasteiger partial charge in [-0.2, -0.15) is 0 Å². The average Bonchev–Trinajstić information content (AvgIpc) is 2.83. The minimum absolute atomic E-state index is 0.134. The SMILES string of the molecule is CC(C)(C)S(=O)(=O)CCCC(=O)C1CC1. The molecule has 4 heteroatoms. The summed E-state index contributed by atoms with van der Waals surface area (Å²) in [5, 5.41) is 0. The van der Waals surface area contributed by atoms with Crippen LogP contribution < -0.4 is 0 Å². The summed E-state index contributed by atoms with van der Waals surface area (Å²) in [6.45, 7) is 5.10. The molecule has 0 bridgehead atoms. The number of rotatable bonds is 5. The lowest BCUT2D eigenvalue weighted by Gasteiger charge is -2.18. The fourth-order valence-electron chi connectivity index (χ4n) is 1.35. The maximum atomic E-state index is 11.7. The van der Waals surface area contributed by atoms with Crippen LogP contribution in [0.3, 0.4) is 0 Å². The zero-order chi connectivity index (χ0) is 11.7. The maximum Gasteiger partial charge on any atom is 0.155 e. The van der Waals surface area contributed by atoms with Crippen LogP contribution in [0.4, 0.5) is 0 Å². The summed E-state index contributed by atoms with van der Waals surface area (Å²) in [6.07, 6.45) is 2.92. The topological polar surface area (TPSA) is 51.2 Å². The van der Waals surface area contributed by atoms with Crippen molar-refractivity contribution in [2.75, 3.05) is 5.75 Å². The molecule has 0 saturated heterocycles. The molecule has 0 heterocycles. The Morgan fingerprint density at radius 3 is 2.20 bits per heavy atom. The molecule has 0 aliphatic heterocycles. The van der Waals surface area contributed by atoms with Crippen LogP contribution in [-0.2, 0) is 14.6 Å². The predicted molar refractivity (Wildman–Crippen MR) is 60.5 cm³/mol. The van der Waals surface area contributed by atoms with Gasteiger partial charge in [0.05, 0.1) is 10.5 Å². The highest BCUT2D eigenvalue weighted by Crippen LogP contribution is 2.31. The van der Waals surface area contributed by atoms with Gasteiger partial charge in [0.15, 0.2) is 9.84 Å². The molecule has 0 N–H and O–H groups in total. The van der Waals surface area contributed by atoms with Crippen molar-refractivity contribution >= 4 is 15.6 Å². The van der Waals surface area contributed by atoms with Gasteiger partial charge in [-0.3, -0.25) is 4.79 Å². The van der Waals surface area contributed by atoms with Gasteiger partial charge in [-0.15, -0.1) is 0 Å². The van der Waals surface area contributed by atoms with E-state index in [0.717, 1.165) is 12.8 Å². The molecule has 1 aliphatic rings. The summed E-state index contributed by atoms with van der Waals surface area (Å²) in [6, 6.07) is 0. The first-order valence-corrected chi connectivity index (χ1v) is 7.14. The quantitative estimate of drug-likeness (QED) is 0.728. The van der Waals surface area contributed by atoms with E-state index in [9.17, 15) is 13.2 Å². The summed E-state index contributed by atoms with van der Waals surface area (Å²) in [5.41, 5.74) is 0. The molecule has 88 valence electrons. The largest absolute Gasteiger partial charge is 0.299 e. The molecule has 1 rings (SSSR count). The zero-order valence-electron chi connectivity index (χ0n) is 9.75. The van der Waals surface area contributed by atoms with Crippen LogP contribution >= 0.6 is 0 Å². The first-order chi connectivity index (χ1) is 6.74. The van der Waals surface area contributed by atoms with Crippen molar-refractivity contribution in [3.63, 3.8) is 0 Å². The first kappa shape index (κ1) is 12.7. The second-order valence-corrected chi connectivity index (χ2v) is 8.14. The molecule has 1 saturated carbocycles. The van der Waals surface area contributed by atoms with E-state index in [1.807, 2.05) is 0 Å². The van der Waals surface area contributed by atoms with E-state index < -0.39 is 14.6 Å². The Morgan fingerprint density at radius 1 is 1.27 bits per heavy atom. The number of sulfone groups is 1. The summed E-state index contributed by atoms with van der Waals surface area (Å²) < 4.78 is 22.7. The normalized spacial score (nSPS) is 17.8. The monoisotopic (exact) mass is 232 g/mol. The maximum absolute atomic E-state index is 11.7. The minimum atomic E-state index is -3.05. The van der Waals surface area contributed by atoms with Crippen LogP contribution in [-0.4, -0.2) is 24.7 Å². The molecular weight excluding hydrogens is 212 g/mol. The third-order valence-corrected chi connectivity index (χ3v) is 5.49. The zero-order valence-corrected chi connectivity index (χ0v) is 10.6. The lowest BCUT2D eigenvalue weighted by atomic mass is 10.2. The lowest BCUT2D eigenvalue weighted by molar-refractivity contribution is -0.120. The van der Waals surface area contributed by atoms with Gasteiger partial charge in [-0.05, 0) is 40.0 Å². The summed E-state index contributed by atoms with van der Waals surface area (Å²) in [4.78, 5) is 11.3. The number of Topliss-reactive ketones (excluding diaryl/α,β-unsaturated/α-hetero) is 1. The van der Waals surface area contributed by atoms with Crippen molar-refractivity contribution in [1.29, 1.82) is 0 Å². The highest BCUT2D eigenvalue weighted by Gasteiger charge is 2.31. The van der Waals surface area contributed by atoms with Gasteiger partial charge in [0, 0.05) is 12.3 Å². The molecule has 0 atom stereocenters. The number of carbonyl (C=O) groups excluding carboxylic acids is 1. The average molecular weight is 232 g/mol. The van der Waals surface area contributed by atoms with Crippen LogP contribution in [0.15, 0.2) is 0 Å². The fraction of sp³-hybridized carbons (Fsp3) is 0.909. The molecule has 0 aromatic rings. The van der Waals surface area contributed by atoms with Gasteiger partial charge >= 0.3 is 0 Å². The molecule has 0 amide bonds. The van der Waals surface area contributed by atoms with Crippen LogP contribution in [0.2, 0.25) is 0 Å². The van der Waals surface area contributed by atoms with E-state index in [1.165, 1.54) is 0 Å². The Morgan fingerprint density at radius 2 is 1.80 bits per heavy atom. The van der Waals surface area contributed by atoms with Crippen molar-refractivity contribution in [1.82, 2.24) is 0 Å². The molecule has 0 spiro atoms. The molecule has 0 aromatic heterocycles. The molecule has 0 unspecified atom stereocenters.